The van der Waals surface area contributed by atoms with Crippen molar-refractivity contribution in [3.63, 3.8) is 0 Å². The zero-order valence-corrected chi connectivity index (χ0v) is 32.7. The SMILES string of the molecule is N/C(=C\C(=NCc1ccccc1)c1ccc(-c2ccc(-c3cccc(C4=CCCC=C4)c3-c3ccccc3)c3c2=CCCC=3)cc1)c1ccc(-c2ccccc2)cc1. The van der Waals surface area contributed by atoms with Crippen LogP contribution in [0.1, 0.15) is 47.9 Å². The van der Waals surface area contributed by atoms with Crippen LogP contribution in [0.2, 0.25) is 0 Å². The fourth-order valence-corrected chi connectivity index (χ4v) is 8.28. The summed E-state index contributed by atoms with van der Waals surface area (Å²) in [5.74, 6) is 0. The third-order valence-corrected chi connectivity index (χ3v) is 11.3. The number of rotatable bonds is 10. The summed E-state index contributed by atoms with van der Waals surface area (Å²) in [6.45, 7) is 0.564. The highest BCUT2D eigenvalue weighted by Crippen LogP contribution is 2.39. The molecule has 0 aromatic heterocycles. The van der Waals surface area contributed by atoms with E-state index in [4.69, 9.17) is 10.7 Å². The van der Waals surface area contributed by atoms with Crippen molar-refractivity contribution in [3.8, 4) is 44.5 Å². The second-order valence-electron chi connectivity index (χ2n) is 15.0. The summed E-state index contributed by atoms with van der Waals surface area (Å²) < 4.78 is 0. The van der Waals surface area contributed by atoms with Crippen LogP contribution in [-0.4, -0.2) is 5.71 Å². The Morgan fingerprint density at radius 1 is 0.466 bits per heavy atom. The molecule has 9 rings (SSSR count). The number of aliphatic imine (C=N–C) groups is 1. The highest BCUT2D eigenvalue weighted by Gasteiger charge is 2.18. The first-order valence-electron chi connectivity index (χ1n) is 20.4. The standard InChI is InChI=1S/C56H46N2/c57-54(45-32-28-42(29-33-45)41-18-7-2-8-19-41)38-55(58-39-40-16-5-1-6-17-40)46-34-30-44(31-35-46)48-36-37-52(51-25-14-13-24-50(48)51)53-27-15-26-49(43-20-9-3-10-21-43)56(53)47-22-11-4-12-23-47/h1-2,4-9,11-12,15-38H,3,10,13-14,39,57H2/b54-38-,58-55?. The van der Waals surface area contributed by atoms with E-state index in [1.54, 1.807) is 0 Å². The number of hydrogen-bond donors (Lipinski definition) is 1. The van der Waals surface area contributed by atoms with Crippen molar-refractivity contribution >= 4 is 29.1 Å². The molecule has 0 heterocycles. The minimum atomic E-state index is 0.564. The van der Waals surface area contributed by atoms with Crippen LogP contribution >= 0.6 is 0 Å². The van der Waals surface area contributed by atoms with Crippen molar-refractivity contribution in [3.05, 3.63) is 227 Å². The number of nitrogens with zero attached hydrogens (tertiary/aromatic N) is 1. The van der Waals surface area contributed by atoms with Gasteiger partial charge in [-0.25, -0.2) is 0 Å². The number of benzene rings is 7. The number of hydrogen-bond acceptors (Lipinski definition) is 2. The summed E-state index contributed by atoms with van der Waals surface area (Å²) in [6, 6.07) is 60.5. The maximum atomic E-state index is 6.82. The van der Waals surface area contributed by atoms with Gasteiger partial charge in [0, 0.05) is 5.70 Å². The molecule has 0 amide bonds. The molecule has 0 unspecified atom stereocenters. The highest BCUT2D eigenvalue weighted by atomic mass is 14.7. The lowest BCUT2D eigenvalue weighted by Gasteiger charge is -2.20. The quantitative estimate of drug-likeness (QED) is 0.139. The first-order chi connectivity index (χ1) is 28.7. The molecule has 2 aliphatic rings. The Hall–Kier alpha value is -7.03. The molecule has 58 heavy (non-hydrogen) atoms. The maximum Gasteiger partial charge on any atom is 0.0671 e. The molecular weight excluding hydrogens is 701 g/mol. The Labute approximate surface area is 342 Å². The van der Waals surface area contributed by atoms with Crippen molar-refractivity contribution in [1.82, 2.24) is 0 Å². The molecule has 2 nitrogen and oxygen atoms in total. The molecule has 0 saturated heterocycles. The third-order valence-electron chi connectivity index (χ3n) is 11.3. The zero-order valence-electron chi connectivity index (χ0n) is 32.7. The van der Waals surface area contributed by atoms with Gasteiger partial charge in [0.2, 0.25) is 0 Å². The number of allylic oxidation sites excluding steroid dienone is 5. The molecule has 2 aliphatic carbocycles. The lowest BCUT2D eigenvalue weighted by atomic mass is 9.84. The molecule has 0 atom stereocenters. The van der Waals surface area contributed by atoms with Gasteiger partial charge in [0.15, 0.2) is 0 Å². The van der Waals surface area contributed by atoms with Crippen molar-refractivity contribution in [2.75, 3.05) is 0 Å². The molecule has 2 N–H and O–H groups in total. The molecule has 7 aromatic rings. The van der Waals surface area contributed by atoms with Crippen molar-refractivity contribution in [2.24, 2.45) is 10.7 Å². The van der Waals surface area contributed by atoms with Gasteiger partial charge in [0.1, 0.15) is 0 Å². The topological polar surface area (TPSA) is 38.4 Å². The van der Waals surface area contributed by atoms with Gasteiger partial charge in [-0.05, 0) is 115 Å². The monoisotopic (exact) mass is 746 g/mol. The van der Waals surface area contributed by atoms with E-state index in [0.717, 1.165) is 53.6 Å². The second-order valence-corrected chi connectivity index (χ2v) is 15.0. The van der Waals surface area contributed by atoms with Crippen LogP contribution in [0.3, 0.4) is 0 Å². The van der Waals surface area contributed by atoms with E-state index in [1.165, 1.54) is 60.5 Å². The summed E-state index contributed by atoms with van der Waals surface area (Å²) >= 11 is 0. The zero-order chi connectivity index (χ0) is 39.1. The molecule has 0 radical (unpaired) electrons. The van der Waals surface area contributed by atoms with Gasteiger partial charge in [-0.1, -0.05) is 200 Å². The first kappa shape index (κ1) is 36.6. The number of nitrogens with two attached hydrogens (primary N) is 1. The predicted octanol–water partition coefficient (Wildman–Crippen LogP) is 12.4. The van der Waals surface area contributed by atoms with Crippen molar-refractivity contribution < 1.29 is 0 Å². The second kappa shape index (κ2) is 17.0. The summed E-state index contributed by atoms with van der Waals surface area (Å²) in [5.41, 5.74) is 23.9. The Bertz CT molecular complexity index is 2810. The van der Waals surface area contributed by atoms with E-state index < -0.39 is 0 Å². The molecule has 0 saturated carbocycles. The fraction of sp³-hybridized carbons (Fsp3) is 0.0893. The minimum absolute atomic E-state index is 0.564. The molecular formula is C56H46N2. The average molecular weight is 747 g/mol. The van der Waals surface area contributed by atoms with Crippen LogP contribution in [0, 0.1) is 0 Å². The largest absolute Gasteiger partial charge is 0.398 e. The molecule has 0 spiro atoms. The van der Waals surface area contributed by atoms with Crippen molar-refractivity contribution in [1.29, 1.82) is 0 Å². The Balaban J connectivity index is 1.08. The lowest BCUT2D eigenvalue weighted by molar-refractivity contribution is 1.04. The fourth-order valence-electron chi connectivity index (χ4n) is 8.28. The Morgan fingerprint density at radius 3 is 1.72 bits per heavy atom. The van der Waals surface area contributed by atoms with Gasteiger partial charge in [-0.2, -0.15) is 0 Å². The van der Waals surface area contributed by atoms with Gasteiger partial charge in [-0.15, -0.1) is 0 Å². The Kier molecular flexibility index (Phi) is 10.7. The van der Waals surface area contributed by atoms with Crippen LogP contribution in [0.25, 0.3) is 67.9 Å². The van der Waals surface area contributed by atoms with E-state index in [1.807, 2.05) is 18.2 Å². The van der Waals surface area contributed by atoms with E-state index in [0.29, 0.717) is 12.2 Å². The van der Waals surface area contributed by atoms with E-state index in [9.17, 15) is 0 Å². The van der Waals surface area contributed by atoms with Crippen LogP contribution in [0.15, 0.2) is 199 Å². The van der Waals surface area contributed by atoms with Crippen LogP contribution in [0.4, 0.5) is 0 Å². The Morgan fingerprint density at radius 2 is 1.03 bits per heavy atom. The smallest absolute Gasteiger partial charge is 0.0671 e. The predicted molar refractivity (Wildman–Crippen MR) is 247 cm³/mol. The first-order valence-corrected chi connectivity index (χ1v) is 20.4. The van der Waals surface area contributed by atoms with E-state index >= 15 is 0 Å². The minimum Gasteiger partial charge on any atom is -0.398 e. The molecule has 0 fully saturated rings. The van der Waals surface area contributed by atoms with Crippen LogP contribution in [-0.2, 0) is 6.54 Å². The number of fused-ring (bicyclic) bond motifs is 1. The average Bonchev–Trinajstić information content (AvgIpc) is 3.31. The maximum absolute atomic E-state index is 6.82. The lowest BCUT2D eigenvalue weighted by Crippen LogP contribution is -2.31. The van der Waals surface area contributed by atoms with Crippen LogP contribution < -0.4 is 16.2 Å². The van der Waals surface area contributed by atoms with Gasteiger partial charge in [0.05, 0.1) is 12.3 Å². The highest BCUT2D eigenvalue weighted by molar-refractivity contribution is 6.12. The van der Waals surface area contributed by atoms with Gasteiger partial charge >= 0.3 is 0 Å². The van der Waals surface area contributed by atoms with E-state index in [-0.39, 0.29) is 0 Å². The molecule has 2 heteroatoms. The summed E-state index contributed by atoms with van der Waals surface area (Å²) in [4.78, 5) is 5.13. The third kappa shape index (κ3) is 7.83. The molecule has 280 valence electrons. The normalized spacial score (nSPS) is 13.9. The van der Waals surface area contributed by atoms with Crippen LogP contribution in [0.5, 0.6) is 0 Å². The van der Waals surface area contributed by atoms with Crippen molar-refractivity contribution in [2.45, 2.75) is 32.2 Å². The van der Waals surface area contributed by atoms with Gasteiger partial charge in [0.25, 0.3) is 0 Å². The van der Waals surface area contributed by atoms with Gasteiger partial charge < -0.3 is 5.73 Å². The molecule has 7 aromatic carbocycles. The van der Waals surface area contributed by atoms with E-state index in [2.05, 4.69) is 188 Å². The summed E-state index contributed by atoms with van der Waals surface area (Å²) in [6.07, 6.45) is 18.1. The van der Waals surface area contributed by atoms with Gasteiger partial charge in [-0.3, -0.25) is 4.99 Å². The molecule has 0 aliphatic heterocycles. The summed E-state index contributed by atoms with van der Waals surface area (Å²) in [5, 5.41) is 2.62. The summed E-state index contributed by atoms with van der Waals surface area (Å²) in [7, 11) is 0. The molecule has 0 bridgehead atoms.